The van der Waals surface area contributed by atoms with Gasteiger partial charge >= 0.3 is 0 Å². The van der Waals surface area contributed by atoms with E-state index in [0.717, 1.165) is 12.0 Å². The molecule has 0 heterocycles. The van der Waals surface area contributed by atoms with E-state index < -0.39 is 0 Å². The minimum Gasteiger partial charge on any atom is -0.508 e. The standard InChI is InChI=1S/C14H22O.Ti/c1-2-3-4-5-6-7-10-13-11-8-9-12-14(13)15;/h8-9,11-12,15H,2-7,10H2,1H3;. The van der Waals surface area contributed by atoms with Crippen molar-refractivity contribution in [3.05, 3.63) is 29.8 Å². The van der Waals surface area contributed by atoms with Crippen LogP contribution in [0.15, 0.2) is 24.3 Å². The molecule has 0 saturated carbocycles. The molecule has 1 aromatic carbocycles. The number of aryl methyl sites for hydroxylation is 1. The molecule has 16 heavy (non-hydrogen) atoms. The van der Waals surface area contributed by atoms with Crippen LogP contribution in [0, 0.1) is 0 Å². The number of benzene rings is 1. The maximum Gasteiger partial charge on any atom is 0.118 e. The van der Waals surface area contributed by atoms with Gasteiger partial charge in [-0.15, -0.1) is 0 Å². The van der Waals surface area contributed by atoms with Crippen molar-refractivity contribution in [2.45, 2.75) is 51.9 Å². The molecule has 0 bridgehead atoms. The van der Waals surface area contributed by atoms with Crippen LogP contribution in [0.3, 0.4) is 0 Å². The minimum atomic E-state index is 0. The summed E-state index contributed by atoms with van der Waals surface area (Å²) in [6, 6.07) is 7.65. The van der Waals surface area contributed by atoms with Gasteiger partial charge in [0.05, 0.1) is 0 Å². The molecule has 0 atom stereocenters. The van der Waals surface area contributed by atoms with Crippen molar-refractivity contribution in [3.63, 3.8) is 0 Å². The fourth-order valence-electron chi connectivity index (χ4n) is 1.82. The summed E-state index contributed by atoms with van der Waals surface area (Å²) in [6.07, 6.45) is 8.85. The summed E-state index contributed by atoms with van der Waals surface area (Å²) < 4.78 is 0. The molecule has 0 aliphatic rings. The molecule has 1 rings (SSSR count). The Morgan fingerprint density at radius 2 is 1.56 bits per heavy atom. The van der Waals surface area contributed by atoms with Gasteiger partial charge in [0.2, 0.25) is 0 Å². The quantitative estimate of drug-likeness (QED) is 0.568. The molecule has 1 nitrogen and oxygen atoms in total. The van der Waals surface area contributed by atoms with Gasteiger partial charge in [0, 0.05) is 21.7 Å². The van der Waals surface area contributed by atoms with Crippen LogP contribution in [0.4, 0.5) is 0 Å². The van der Waals surface area contributed by atoms with Crippen molar-refractivity contribution in [3.8, 4) is 5.75 Å². The summed E-state index contributed by atoms with van der Waals surface area (Å²) >= 11 is 0. The van der Waals surface area contributed by atoms with Crippen LogP contribution in [-0.4, -0.2) is 5.11 Å². The second-order valence-electron chi connectivity index (χ2n) is 4.15. The van der Waals surface area contributed by atoms with Crippen molar-refractivity contribution in [1.82, 2.24) is 0 Å². The van der Waals surface area contributed by atoms with Gasteiger partial charge in [-0.3, -0.25) is 0 Å². The predicted octanol–water partition coefficient (Wildman–Crippen LogP) is 4.29. The minimum absolute atomic E-state index is 0. The first-order valence-corrected chi connectivity index (χ1v) is 6.11. The average Bonchev–Trinajstić information content (AvgIpc) is 2.25. The van der Waals surface area contributed by atoms with E-state index in [1.54, 1.807) is 6.07 Å². The second kappa shape index (κ2) is 9.92. The van der Waals surface area contributed by atoms with Crippen LogP contribution in [0.25, 0.3) is 0 Å². The van der Waals surface area contributed by atoms with E-state index in [9.17, 15) is 5.11 Å². The fraction of sp³-hybridized carbons (Fsp3) is 0.571. The average molecular weight is 254 g/mol. The number of para-hydroxylation sites is 1. The van der Waals surface area contributed by atoms with Crippen LogP contribution in [0.1, 0.15) is 51.0 Å². The summed E-state index contributed by atoms with van der Waals surface area (Å²) in [5, 5.41) is 9.55. The summed E-state index contributed by atoms with van der Waals surface area (Å²) in [5.41, 5.74) is 1.09. The normalized spacial score (nSPS) is 9.81. The van der Waals surface area contributed by atoms with Crippen LogP contribution in [0.2, 0.25) is 0 Å². The molecule has 88 valence electrons. The smallest absolute Gasteiger partial charge is 0.118 e. The largest absolute Gasteiger partial charge is 0.508 e. The molecule has 0 fully saturated rings. The Balaban J connectivity index is 0.00000225. The summed E-state index contributed by atoms with van der Waals surface area (Å²) in [6.45, 7) is 2.24. The molecule has 0 aromatic heterocycles. The summed E-state index contributed by atoms with van der Waals surface area (Å²) in [7, 11) is 0. The van der Waals surface area contributed by atoms with Gasteiger partial charge in [-0.1, -0.05) is 57.2 Å². The second-order valence-corrected chi connectivity index (χ2v) is 4.15. The summed E-state index contributed by atoms with van der Waals surface area (Å²) in [4.78, 5) is 0. The van der Waals surface area contributed by atoms with Gasteiger partial charge in [-0.25, -0.2) is 0 Å². The number of unbranched alkanes of at least 4 members (excludes halogenated alkanes) is 5. The third kappa shape index (κ3) is 6.35. The molecule has 1 N–H and O–H groups in total. The molecule has 0 amide bonds. The van der Waals surface area contributed by atoms with Gasteiger partial charge in [0.25, 0.3) is 0 Å². The Bertz CT molecular complexity index is 273. The van der Waals surface area contributed by atoms with Gasteiger partial charge < -0.3 is 5.11 Å². The topological polar surface area (TPSA) is 20.2 Å². The molecule has 0 spiro atoms. The molecular weight excluding hydrogens is 232 g/mol. The Morgan fingerprint density at radius 1 is 0.938 bits per heavy atom. The molecule has 0 aliphatic carbocycles. The monoisotopic (exact) mass is 254 g/mol. The molecule has 0 saturated heterocycles. The van der Waals surface area contributed by atoms with Crippen LogP contribution in [0.5, 0.6) is 5.75 Å². The first kappa shape index (κ1) is 15.7. The zero-order chi connectivity index (χ0) is 10.9. The first-order chi connectivity index (χ1) is 7.34. The Kier molecular flexibility index (Phi) is 9.76. The van der Waals surface area contributed by atoms with E-state index in [4.69, 9.17) is 0 Å². The molecule has 0 radical (unpaired) electrons. The maximum atomic E-state index is 9.55. The third-order valence-corrected chi connectivity index (χ3v) is 2.79. The van der Waals surface area contributed by atoms with Crippen molar-refractivity contribution >= 4 is 0 Å². The first-order valence-electron chi connectivity index (χ1n) is 6.11. The number of hydrogen-bond acceptors (Lipinski definition) is 1. The maximum absolute atomic E-state index is 9.55. The zero-order valence-corrected chi connectivity index (χ0v) is 11.8. The van der Waals surface area contributed by atoms with Crippen molar-refractivity contribution in [1.29, 1.82) is 0 Å². The van der Waals surface area contributed by atoms with E-state index in [2.05, 4.69) is 6.92 Å². The summed E-state index contributed by atoms with van der Waals surface area (Å²) in [5.74, 6) is 0.450. The van der Waals surface area contributed by atoms with Gasteiger partial charge in [-0.05, 0) is 24.5 Å². The Morgan fingerprint density at radius 3 is 2.25 bits per heavy atom. The van der Waals surface area contributed by atoms with E-state index in [0.29, 0.717) is 5.75 Å². The zero-order valence-electron chi connectivity index (χ0n) is 10.2. The van der Waals surface area contributed by atoms with E-state index in [1.807, 2.05) is 18.2 Å². The van der Waals surface area contributed by atoms with Crippen molar-refractivity contribution < 1.29 is 26.8 Å². The molecule has 2 heteroatoms. The third-order valence-electron chi connectivity index (χ3n) is 2.79. The number of hydrogen-bond donors (Lipinski definition) is 1. The van der Waals surface area contributed by atoms with E-state index in [1.165, 1.54) is 38.5 Å². The number of aromatic hydroxyl groups is 1. The Hall–Kier alpha value is -0.266. The van der Waals surface area contributed by atoms with Gasteiger partial charge in [0.1, 0.15) is 5.75 Å². The molecule has 1 aromatic rings. The Labute approximate surface area is 114 Å². The van der Waals surface area contributed by atoms with Crippen LogP contribution >= 0.6 is 0 Å². The van der Waals surface area contributed by atoms with Crippen LogP contribution < -0.4 is 0 Å². The number of phenolic OH excluding ortho intramolecular Hbond substituents is 1. The van der Waals surface area contributed by atoms with E-state index in [-0.39, 0.29) is 21.7 Å². The molecule has 0 aliphatic heterocycles. The molecule has 0 unspecified atom stereocenters. The SMILES string of the molecule is CCCCCCCCc1ccccc1O.[Ti]. The number of phenols is 1. The van der Waals surface area contributed by atoms with Crippen LogP contribution in [-0.2, 0) is 28.1 Å². The van der Waals surface area contributed by atoms with Crippen molar-refractivity contribution in [2.24, 2.45) is 0 Å². The molecular formula is C14H22OTi. The van der Waals surface area contributed by atoms with E-state index >= 15 is 0 Å². The number of rotatable bonds is 7. The van der Waals surface area contributed by atoms with Gasteiger partial charge in [0.15, 0.2) is 0 Å². The van der Waals surface area contributed by atoms with Gasteiger partial charge in [-0.2, -0.15) is 0 Å². The predicted molar refractivity (Wildman–Crippen MR) is 65.2 cm³/mol. The van der Waals surface area contributed by atoms with Crippen molar-refractivity contribution in [2.75, 3.05) is 0 Å². The fourth-order valence-corrected chi connectivity index (χ4v) is 1.82.